The maximum Gasteiger partial charge on any atom is 0.267 e. The second kappa shape index (κ2) is 15.2. The lowest BCUT2D eigenvalue weighted by atomic mass is 10.0. The highest BCUT2D eigenvalue weighted by atomic mass is 32.2. The lowest BCUT2D eigenvalue weighted by Crippen LogP contribution is -2.26. The molecule has 0 rings (SSSR count). The Morgan fingerprint density at radius 2 is 1.17 bits per heavy atom. The minimum Gasteiger partial charge on any atom is -0.393 e. The molecular weight excluding hydrogens is 324 g/mol. The van der Waals surface area contributed by atoms with Crippen molar-refractivity contribution >= 4 is 10.1 Å². The van der Waals surface area contributed by atoms with Gasteiger partial charge >= 0.3 is 0 Å². The molecule has 0 aliphatic heterocycles. The molecule has 0 amide bonds. The van der Waals surface area contributed by atoms with Crippen LogP contribution in [-0.2, 0) is 10.1 Å². The van der Waals surface area contributed by atoms with Crippen molar-refractivity contribution in [2.75, 3.05) is 0 Å². The highest BCUT2D eigenvalue weighted by Crippen LogP contribution is 2.19. The molecule has 0 spiro atoms. The normalized spacial score (nSPS) is 14.7. The Kier molecular flexibility index (Phi) is 15.1. The van der Waals surface area contributed by atoms with Crippen LogP contribution in [0.25, 0.3) is 0 Å². The van der Waals surface area contributed by atoms with Gasteiger partial charge < -0.3 is 5.11 Å². The van der Waals surface area contributed by atoms with Crippen molar-refractivity contribution in [1.29, 1.82) is 0 Å². The fourth-order valence-electron chi connectivity index (χ4n) is 3.11. The standard InChI is InChI=1S/C19H40O4S/c1-3-5-7-8-9-10-11-12-13-14-16-19(24(21,22)23)17-18(20)15-6-4-2/h18-20H,3-17H2,1-2H3,(H,21,22,23). The van der Waals surface area contributed by atoms with E-state index in [9.17, 15) is 18.1 Å². The molecule has 0 aromatic carbocycles. The number of aliphatic hydroxyl groups excluding tert-OH is 1. The van der Waals surface area contributed by atoms with Crippen molar-refractivity contribution in [3.05, 3.63) is 0 Å². The lowest BCUT2D eigenvalue weighted by molar-refractivity contribution is 0.147. The molecule has 2 unspecified atom stereocenters. The molecule has 0 fully saturated rings. The van der Waals surface area contributed by atoms with E-state index in [1.54, 1.807) is 0 Å². The molecule has 146 valence electrons. The van der Waals surface area contributed by atoms with Crippen molar-refractivity contribution in [2.24, 2.45) is 0 Å². The first-order valence-electron chi connectivity index (χ1n) is 10.1. The number of aliphatic hydroxyl groups is 1. The van der Waals surface area contributed by atoms with Crippen LogP contribution in [0.5, 0.6) is 0 Å². The van der Waals surface area contributed by atoms with Gasteiger partial charge in [0.15, 0.2) is 0 Å². The maximum absolute atomic E-state index is 11.5. The smallest absolute Gasteiger partial charge is 0.267 e. The van der Waals surface area contributed by atoms with Gasteiger partial charge in [-0.25, -0.2) is 0 Å². The summed E-state index contributed by atoms with van der Waals surface area (Å²) in [4.78, 5) is 0. The van der Waals surface area contributed by atoms with Crippen molar-refractivity contribution in [2.45, 2.75) is 122 Å². The molecule has 0 saturated carbocycles. The predicted octanol–water partition coefficient (Wildman–Crippen LogP) is 5.50. The van der Waals surface area contributed by atoms with Crippen LogP contribution in [-0.4, -0.2) is 29.4 Å². The summed E-state index contributed by atoms with van der Waals surface area (Å²) in [7, 11) is -4.06. The summed E-state index contributed by atoms with van der Waals surface area (Å²) in [6.45, 7) is 4.26. The first-order valence-corrected chi connectivity index (χ1v) is 11.6. The van der Waals surface area contributed by atoms with Gasteiger partial charge in [0.2, 0.25) is 0 Å². The third-order valence-electron chi connectivity index (χ3n) is 4.73. The zero-order valence-electron chi connectivity index (χ0n) is 15.9. The molecule has 0 aliphatic rings. The van der Waals surface area contributed by atoms with Crippen LogP contribution in [0, 0.1) is 0 Å². The van der Waals surface area contributed by atoms with E-state index < -0.39 is 21.5 Å². The molecule has 5 heteroatoms. The minimum absolute atomic E-state index is 0.163. The zero-order valence-corrected chi connectivity index (χ0v) is 16.7. The maximum atomic E-state index is 11.5. The topological polar surface area (TPSA) is 74.6 Å². The van der Waals surface area contributed by atoms with Crippen molar-refractivity contribution in [3.8, 4) is 0 Å². The molecular formula is C19H40O4S. The Balaban J connectivity index is 3.80. The average molecular weight is 365 g/mol. The predicted molar refractivity (Wildman–Crippen MR) is 102 cm³/mol. The summed E-state index contributed by atoms with van der Waals surface area (Å²) in [5.74, 6) is 0. The Labute approximate surface area is 150 Å². The van der Waals surface area contributed by atoms with Crippen LogP contribution < -0.4 is 0 Å². The fourth-order valence-corrected chi connectivity index (χ4v) is 4.04. The third-order valence-corrected chi connectivity index (χ3v) is 6.00. The van der Waals surface area contributed by atoms with E-state index >= 15 is 0 Å². The van der Waals surface area contributed by atoms with E-state index in [0.717, 1.165) is 32.1 Å². The first-order chi connectivity index (χ1) is 11.4. The highest BCUT2D eigenvalue weighted by molar-refractivity contribution is 7.86. The van der Waals surface area contributed by atoms with Crippen LogP contribution in [0.2, 0.25) is 0 Å². The van der Waals surface area contributed by atoms with E-state index in [1.165, 1.54) is 44.9 Å². The monoisotopic (exact) mass is 364 g/mol. The van der Waals surface area contributed by atoms with E-state index in [-0.39, 0.29) is 6.42 Å². The molecule has 0 heterocycles. The average Bonchev–Trinajstić information content (AvgIpc) is 2.52. The Hall–Kier alpha value is -0.130. The summed E-state index contributed by atoms with van der Waals surface area (Å²) in [5, 5.41) is 9.09. The summed E-state index contributed by atoms with van der Waals surface area (Å²) in [5.41, 5.74) is 0. The van der Waals surface area contributed by atoms with Gasteiger partial charge in [-0.1, -0.05) is 90.9 Å². The molecule has 0 aliphatic carbocycles. The van der Waals surface area contributed by atoms with Crippen LogP contribution in [0.4, 0.5) is 0 Å². The molecule has 0 bridgehead atoms. The summed E-state index contributed by atoms with van der Waals surface area (Å²) in [6, 6.07) is 0. The highest BCUT2D eigenvalue weighted by Gasteiger charge is 2.25. The molecule has 0 aromatic rings. The molecule has 4 nitrogen and oxygen atoms in total. The molecule has 24 heavy (non-hydrogen) atoms. The molecule has 2 atom stereocenters. The SMILES string of the molecule is CCCCCCCCCCCCC(CC(O)CCCC)S(=O)(=O)O. The molecule has 0 saturated heterocycles. The van der Waals surface area contributed by atoms with Gasteiger partial charge in [0.05, 0.1) is 11.4 Å². The van der Waals surface area contributed by atoms with Crippen LogP contribution in [0.3, 0.4) is 0 Å². The van der Waals surface area contributed by atoms with Gasteiger partial charge in [-0.2, -0.15) is 8.42 Å². The van der Waals surface area contributed by atoms with Crippen LogP contribution >= 0.6 is 0 Å². The van der Waals surface area contributed by atoms with Crippen molar-refractivity contribution in [3.63, 3.8) is 0 Å². The third kappa shape index (κ3) is 14.2. The Morgan fingerprint density at radius 3 is 1.62 bits per heavy atom. The molecule has 0 aromatic heterocycles. The summed E-state index contributed by atoms with van der Waals surface area (Å²) >= 11 is 0. The lowest BCUT2D eigenvalue weighted by Gasteiger charge is -2.17. The Morgan fingerprint density at radius 1 is 0.708 bits per heavy atom. The van der Waals surface area contributed by atoms with Crippen LogP contribution in [0.1, 0.15) is 110 Å². The van der Waals surface area contributed by atoms with E-state index in [2.05, 4.69) is 6.92 Å². The van der Waals surface area contributed by atoms with E-state index in [1.807, 2.05) is 6.92 Å². The largest absolute Gasteiger partial charge is 0.393 e. The number of rotatable bonds is 17. The van der Waals surface area contributed by atoms with Gasteiger partial charge in [0.1, 0.15) is 0 Å². The Bertz CT molecular complexity index is 368. The van der Waals surface area contributed by atoms with E-state index in [0.29, 0.717) is 12.8 Å². The fraction of sp³-hybridized carbons (Fsp3) is 1.00. The first kappa shape index (κ1) is 23.9. The van der Waals surface area contributed by atoms with Crippen molar-refractivity contribution < 1.29 is 18.1 Å². The van der Waals surface area contributed by atoms with Gasteiger partial charge in [0, 0.05) is 0 Å². The summed E-state index contributed by atoms with van der Waals surface area (Å²) < 4.78 is 32.3. The van der Waals surface area contributed by atoms with Gasteiger partial charge in [0.25, 0.3) is 10.1 Å². The van der Waals surface area contributed by atoms with Gasteiger partial charge in [-0.3, -0.25) is 4.55 Å². The molecule has 2 N–H and O–H groups in total. The van der Waals surface area contributed by atoms with Gasteiger partial charge in [-0.05, 0) is 19.3 Å². The van der Waals surface area contributed by atoms with E-state index in [4.69, 9.17) is 0 Å². The quantitative estimate of drug-likeness (QED) is 0.264. The van der Waals surface area contributed by atoms with Crippen LogP contribution in [0.15, 0.2) is 0 Å². The number of hydrogen-bond acceptors (Lipinski definition) is 3. The number of hydrogen-bond donors (Lipinski definition) is 2. The van der Waals surface area contributed by atoms with Crippen molar-refractivity contribution in [1.82, 2.24) is 0 Å². The zero-order chi connectivity index (χ0) is 18.3. The molecule has 0 radical (unpaired) electrons. The number of unbranched alkanes of at least 4 members (excludes halogenated alkanes) is 10. The minimum atomic E-state index is -4.06. The van der Waals surface area contributed by atoms with Gasteiger partial charge in [-0.15, -0.1) is 0 Å². The summed E-state index contributed by atoms with van der Waals surface area (Å²) in [6.07, 6.45) is 14.5. The second-order valence-corrected chi connectivity index (χ2v) is 8.84. The second-order valence-electron chi connectivity index (χ2n) is 7.14.